The van der Waals surface area contributed by atoms with Gasteiger partial charge in [0.25, 0.3) is 0 Å². The molecule has 1 aromatic heterocycles. The quantitative estimate of drug-likeness (QED) is 0.444. The van der Waals surface area contributed by atoms with E-state index in [1.54, 1.807) is 13.8 Å². The summed E-state index contributed by atoms with van der Waals surface area (Å²) in [4.78, 5) is 34.5. The van der Waals surface area contributed by atoms with Gasteiger partial charge < -0.3 is 5.32 Å². The molecule has 1 rings (SSSR count). The van der Waals surface area contributed by atoms with Crippen molar-refractivity contribution in [2.24, 2.45) is 11.2 Å². The van der Waals surface area contributed by atoms with E-state index in [9.17, 15) is 14.5 Å². The molecule has 0 radical (unpaired) electrons. The van der Waals surface area contributed by atoms with E-state index in [1.807, 2.05) is 0 Å². The Kier molecular flexibility index (Phi) is 6.96. The maximum absolute atomic E-state index is 12.1. The molecule has 0 unspecified atom stereocenters. The predicted molar refractivity (Wildman–Crippen MR) is 78.9 cm³/mol. The van der Waals surface area contributed by atoms with Crippen LogP contribution in [-0.2, 0) is 4.79 Å². The lowest BCUT2D eigenvalue weighted by molar-refractivity contribution is -0.118. The molecule has 11 heteroatoms. The number of halogens is 1. The highest BCUT2D eigenvalue weighted by Crippen LogP contribution is 2.11. The molecule has 9 nitrogen and oxygen atoms in total. The Labute approximate surface area is 130 Å². The van der Waals surface area contributed by atoms with Gasteiger partial charge in [-0.1, -0.05) is 25.2 Å². The highest BCUT2D eigenvalue weighted by Gasteiger charge is 2.27. The lowest BCUT2D eigenvalue weighted by Crippen LogP contribution is -2.50. The molecule has 0 saturated heterocycles. The Balaban J connectivity index is 2.70. The lowest BCUT2D eigenvalue weighted by atomic mass is 10.0. The van der Waals surface area contributed by atoms with Gasteiger partial charge in [0.1, 0.15) is 11.6 Å². The van der Waals surface area contributed by atoms with Crippen LogP contribution < -0.4 is 10.6 Å². The molecule has 1 atom stereocenters. The van der Waals surface area contributed by atoms with Gasteiger partial charge in [0.2, 0.25) is 11.0 Å². The molecule has 3 amide bonds. The van der Waals surface area contributed by atoms with Crippen molar-refractivity contribution in [1.29, 1.82) is 0 Å². The highest BCUT2D eigenvalue weighted by atomic mass is 35.5. The van der Waals surface area contributed by atoms with E-state index in [-0.39, 0.29) is 18.3 Å². The first-order valence-corrected chi connectivity index (χ1v) is 7.45. The zero-order valence-electron chi connectivity index (χ0n) is 11.4. The van der Waals surface area contributed by atoms with Crippen molar-refractivity contribution in [3.05, 3.63) is 10.4 Å². The van der Waals surface area contributed by atoms with Crippen LogP contribution in [0.3, 0.4) is 0 Å². The Hall–Kier alpha value is -1.81. The van der Waals surface area contributed by atoms with Crippen LogP contribution in [0.25, 0.3) is 0 Å². The van der Waals surface area contributed by atoms with Gasteiger partial charge in [-0.15, -0.1) is 26.7 Å². The number of amides is 3. The fourth-order valence-electron chi connectivity index (χ4n) is 1.41. The topological polar surface area (TPSA) is 117 Å². The van der Waals surface area contributed by atoms with E-state index in [1.165, 1.54) is 5.51 Å². The molecular formula is C10H15ClN6O3S. The third-order valence-corrected chi connectivity index (χ3v) is 3.22. The SMILES string of the molecule is CC(C)[C@H](NC(=O)N(CCCl)N=O)C(=O)Nc1nncs1. The van der Waals surface area contributed by atoms with Crippen molar-refractivity contribution in [3.8, 4) is 0 Å². The first-order chi connectivity index (χ1) is 9.99. The molecular weight excluding hydrogens is 320 g/mol. The van der Waals surface area contributed by atoms with Crippen LogP contribution in [-0.4, -0.2) is 45.6 Å². The van der Waals surface area contributed by atoms with Gasteiger partial charge in [-0.25, -0.2) is 4.79 Å². The van der Waals surface area contributed by atoms with E-state index in [0.29, 0.717) is 10.1 Å². The summed E-state index contributed by atoms with van der Waals surface area (Å²) >= 11 is 6.62. The minimum atomic E-state index is -0.846. The fourth-order valence-corrected chi connectivity index (χ4v) is 2.02. The number of urea groups is 1. The summed E-state index contributed by atoms with van der Waals surface area (Å²) in [6, 6.07) is -1.63. The van der Waals surface area contributed by atoms with E-state index in [2.05, 4.69) is 26.1 Å². The number of nitroso groups, excluding NO2 is 1. The molecule has 0 aromatic carbocycles. The first-order valence-electron chi connectivity index (χ1n) is 6.03. The number of alkyl halides is 1. The number of rotatable bonds is 7. The first kappa shape index (κ1) is 17.2. The van der Waals surface area contributed by atoms with Crippen molar-refractivity contribution >= 4 is 40.0 Å². The second kappa shape index (κ2) is 8.47. The highest BCUT2D eigenvalue weighted by molar-refractivity contribution is 7.13. The maximum Gasteiger partial charge on any atom is 0.341 e. The Bertz CT molecular complexity index is 483. The second-order valence-electron chi connectivity index (χ2n) is 4.30. The van der Waals surface area contributed by atoms with Crippen LogP contribution in [0.1, 0.15) is 13.8 Å². The summed E-state index contributed by atoms with van der Waals surface area (Å²) in [6.45, 7) is 3.47. The normalized spacial score (nSPS) is 11.8. The molecule has 0 aliphatic heterocycles. The molecule has 0 aliphatic rings. The number of nitrogens with zero attached hydrogens (tertiary/aromatic N) is 4. The summed E-state index contributed by atoms with van der Waals surface area (Å²) in [7, 11) is 0. The Morgan fingerprint density at radius 3 is 2.71 bits per heavy atom. The van der Waals surface area contributed by atoms with Gasteiger partial charge in [0.05, 0.1) is 11.8 Å². The maximum atomic E-state index is 12.1. The number of anilines is 1. The van der Waals surface area contributed by atoms with Gasteiger partial charge in [0.15, 0.2) is 0 Å². The summed E-state index contributed by atoms with van der Waals surface area (Å²) in [5.41, 5.74) is 1.47. The molecule has 0 fully saturated rings. The number of hydrogen-bond donors (Lipinski definition) is 2. The van der Waals surface area contributed by atoms with Crippen molar-refractivity contribution in [2.75, 3.05) is 17.7 Å². The second-order valence-corrected chi connectivity index (χ2v) is 5.51. The third kappa shape index (κ3) is 5.23. The van der Waals surface area contributed by atoms with Crippen molar-refractivity contribution < 1.29 is 9.59 Å². The number of aromatic nitrogens is 2. The van der Waals surface area contributed by atoms with E-state index in [4.69, 9.17) is 11.6 Å². The molecule has 0 bridgehead atoms. The van der Waals surface area contributed by atoms with Crippen LogP contribution in [0.2, 0.25) is 0 Å². The number of carbonyl (C=O) groups is 2. The summed E-state index contributed by atoms with van der Waals surface area (Å²) in [5, 5.41) is 15.8. The Morgan fingerprint density at radius 2 is 2.24 bits per heavy atom. The van der Waals surface area contributed by atoms with E-state index in [0.717, 1.165) is 11.3 Å². The molecule has 21 heavy (non-hydrogen) atoms. The van der Waals surface area contributed by atoms with Crippen molar-refractivity contribution in [3.63, 3.8) is 0 Å². The van der Waals surface area contributed by atoms with Crippen LogP contribution >= 0.6 is 22.9 Å². The Morgan fingerprint density at radius 1 is 1.52 bits per heavy atom. The molecule has 0 spiro atoms. The van der Waals surface area contributed by atoms with Gasteiger partial charge in [-0.3, -0.25) is 10.1 Å². The third-order valence-electron chi connectivity index (χ3n) is 2.45. The average molecular weight is 335 g/mol. The van der Waals surface area contributed by atoms with Gasteiger partial charge in [-0.2, -0.15) is 5.01 Å². The molecule has 0 saturated carbocycles. The minimum absolute atomic E-state index is 0.0419. The van der Waals surface area contributed by atoms with Crippen LogP contribution in [0.15, 0.2) is 10.8 Å². The summed E-state index contributed by atoms with van der Waals surface area (Å²) in [6.07, 6.45) is 0. The standard InChI is InChI=1S/C10H15ClN6O3S/c1-6(2)7(8(18)14-9-15-12-5-21-9)13-10(19)17(16-20)4-3-11/h5-7H,3-4H2,1-2H3,(H,13,19)(H,14,15,18)/t7-/m0/s1. The molecule has 2 N–H and O–H groups in total. The lowest BCUT2D eigenvalue weighted by Gasteiger charge is -2.22. The predicted octanol–water partition coefficient (Wildman–Crippen LogP) is 1.43. The van der Waals surface area contributed by atoms with Gasteiger partial charge >= 0.3 is 6.03 Å². The molecule has 0 aliphatic carbocycles. The van der Waals surface area contributed by atoms with Crippen molar-refractivity contribution in [1.82, 2.24) is 20.5 Å². The molecule has 116 valence electrons. The molecule has 1 heterocycles. The van der Waals surface area contributed by atoms with E-state index >= 15 is 0 Å². The van der Waals surface area contributed by atoms with Crippen LogP contribution in [0.5, 0.6) is 0 Å². The smallest absolute Gasteiger partial charge is 0.324 e. The van der Waals surface area contributed by atoms with E-state index < -0.39 is 18.0 Å². The van der Waals surface area contributed by atoms with Crippen LogP contribution in [0.4, 0.5) is 9.93 Å². The molecule has 1 aromatic rings. The minimum Gasteiger partial charge on any atom is -0.324 e. The van der Waals surface area contributed by atoms with Gasteiger partial charge in [0, 0.05) is 5.88 Å². The number of nitrogens with one attached hydrogen (secondary N) is 2. The zero-order valence-corrected chi connectivity index (χ0v) is 13.0. The summed E-state index contributed by atoms with van der Waals surface area (Å²) < 4.78 is 0. The largest absolute Gasteiger partial charge is 0.341 e. The fraction of sp³-hybridized carbons (Fsp3) is 0.600. The van der Waals surface area contributed by atoms with Crippen molar-refractivity contribution in [2.45, 2.75) is 19.9 Å². The number of carbonyl (C=O) groups excluding carboxylic acids is 2. The number of hydrogen-bond acceptors (Lipinski definition) is 7. The monoisotopic (exact) mass is 334 g/mol. The van der Waals surface area contributed by atoms with Gasteiger partial charge in [-0.05, 0) is 5.92 Å². The summed E-state index contributed by atoms with van der Waals surface area (Å²) in [5.74, 6) is -0.596. The van der Waals surface area contributed by atoms with Crippen LogP contribution in [0, 0.1) is 10.8 Å². The zero-order chi connectivity index (χ0) is 15.8. The average Bonchev–Trinajstić information content (AvgIpc) is 2.94.